The lowest BCUT2D eigenvalue weighted by Gasteiger charge is -2.29. The van der Waals surface area contributed by atoms with Crippen LogP contribution < -0.4 is 15.1 Å². The number of nitrogens with one attached hydrogen (secondary N) is 3. The highest BCUT2D eigenvalue weighted by Crippen LogP contribution is 2.16. The highest BCUT2D eigenvalue weighted by atomic mass is 79.9. The van der Waals surface area contributed by atoms with Crippen LogP contribution in [-0.2, 0) is 11.3 Å². The first-order valence-electron chi connectivity index (χ1n) is 9.36. The number of hydrogen-bond acceptors (Lipinski definition) is 1. The molecule has 3 rings (SSSR count). The highest BCUT2D eigenvalue weighted by molar-refractivity contribution is 9.10. The first kappa shape index (κ1) is 19.1. The number of benzene rings is 2. The molecule has 5 heteroatoms. The van der Waals surface area contributed by atoms with E-state index in [-0.39, 0.29) is 11.9 Å². The summed E-state index contributed by atoms with van der Waals surface area (Å²) >= 11 is 3.44. The Labute approximate surface area is 164 Å². The number of hydrogen-bond donors (Lipinski definition) is 3. The van der Waals surface area contributed by atoms with Gasteiger partial charge in [0, 0.05) is 10.0 Å². The van der Waals surface area contributed by atoms with E-state index in [1.165, 1.54) is 10.5 Å². The summed E-state index contributed by atoms with van der Waals surface area (Å²) < 4.78 is 1.06. The Morgan fingerprint density at radius 3 is 2.27 bits per heavy atom. The lowest BCUT2D eigenvalue weighted by Crippen LogP contribution is -3.28. The number of piperazine rings is 1. The third kappa shape index (κ3) is 5.66. The monoisotopic (exact) mass is 417 g/mol. The minimum atomic E-state index is 0.0417. The van der Waals surface area contributed by atoms with Crippen LogP contribution >= 0.6 is 15.9 Å². The molecular weight excluding hydrogens is 390 g/mol. The Hall–Kier alpha value is -1.69. The minimum Gasteiger partial charge on any atom is -0.345 e. The summed E-state index contributed by atoms with van der Waals surface area (Å²) in [6.45, 7) is 8.06. The van der Waals surface area contributed by atoms with Gasteiger partial charge in [0.1, 0.15) is 32.7 Å². The van der Waals surface area contributed by atoms with Crippen molar-refractivity contribution in [1.29, 1.82) is 0 Å². The lowest BCUT2D eigenvalue weighted by atomic mass is 10.1. The van der Waals surface area contributed by atoms with Crippen LogP contribution in [0.15, 0.2) is 59.1 Å². The summed E-state index contributed by atoms with van der Waals surface area (Å²) in [4.78, 5) is 15.4. The predicted octanol–water partition coefficient (Wildman–Crippen LogP) is 0.610. The molecule has 0 saturated carbocycles. The number of rotatable bonds is 6. The topological polar surface area (TPSA) is 38.0 Å². The van der Waals surface area contributed by atoms with Crippen LogP contribution in [0.25, 0.3) is 0 Å². The van der Waals surface area contributed by atoms with Gasteiger partial charge in [-0.05, 0) is 24.6 Å². The van der Waals surface area contributed by atoms with E-state index in [2.05, 4.69) is 51.6 Å². The Kier molecular flexibility index (Phi) is 6.83. The first-order chi connectivity index (χ1) is 12.6. The largest absolute Gasteiger partial charge is 0.345 e. The van der Waals surface area contributed by atoms with Gasteiger partial charge in [0.15, 0.2) is 6.54 Å². The van der Waals surface area contributed by atoms with E-state index in [1.807, 2.05) is 31.2 Å². The minimum absolute atomic E-state index is 0.0417. The quantitative estimate of drug-likeness (QED) is 0.632. The summed E-state index contributed by atoms with van der Waals surface area (Å²) in [5.74, 6) is 0.141. The summed E-state index contributed by atoms with van der Waals surface area (Å²) in [7, 11) is 0. The lowest BCUT2D eigenvalue weighted by molar-refractivity contribution is -1.02. The van der Waals surface area contributed by atoms with Gasteiger partial charge in [-0.2, -0.15) is 0 Å². The molecule has 0 aliphatic carbocycles. The molecule has 0 spiro atoms. The predicted molar refractivity (Wildman–Crippen MR) is 107 cm³/mol. The molecule has 0 unspecified atom stereocenters. The molecule has 1 heterocycles. The maximum Gasteiger partial charge on any atom is 0.275 e. The zero-order valence-corrected chi connectivity index (χ0v) is 16.9. The third-order valence-electron chi connectivity index (χ3n) is 5.12. The van der Waals surface area contributed by atoms with E-state index in [1.54, 1.807) is 4.90 Å². The molecular formula is C21H28BrN3O+2. The number of quaternary nitrogens is 2. The number of carbonyl (C=O) groups is 1. The Bertz CT molecular complexity index is 697. The van der Waals surface area contributed by atoms with Gasteiger partial charge in [-0.3, -0.25) is 4.79 Å². The van der Waals surface area contributed by atoms with Crippen molar-refractivity contribution in [2.45, 2.75) is 19.5 Å². The molecule has 138 valence electrons. The molecule has 0 aromatic heterocycles. The van der Waals surface area contributed by atoms with Crippen molar-refractivity contribution in [3.05, 3.63) is 70.2 Å². The second-order valence-electron chi connectivity index (χ2n) is 7.18. The molecule has 2 aromatic carbocycles. The van der Waals surface area contributed by atoms with E-state index in [0.717, 1.165) is 42.8 Å². The zero-order chi connectivity index (χ0) is 18.4. The standard InChI is InChI=1S/C21H26BrN3O/c1-17(19-7-9-20(22)10-8-19)23-21(26)16-25-13-11-24(12-14-25)15-18-5-3-2-4-6-18/h2-10,17H,11-16H2,1H3,(H,23,26)/p+2/t17-/m1/s1. The molecule has 1 saturated heterocycles. The van der Waals surface area contributed by atoms with Gasteiger partial charge in [-0.15, -0.1) is 0 Å². The van der Waals surface area contributed by atoms with Crippen molar-refractivity contribution in [2.24, 2.45) is 0 Å². The normalized spacial score (nSPS) is 21.2. The highest BCUT2D eigenvalue weighted by Gasteiger charge is 2.25. The second-order valence-corrected chi connectivity index (χ2v) is 8.10. The Morgan fingerprint density at radius 2 is 1.62 bits per heavy atom. The number of amides is 1. The molecule has 0 radical (unpaired) electrons. The van der Waals surface area contributed by atoms with E-state index >= 15 is 0 Å². The molecule has 0 bridgehead atoms. The van der Waals surface area contributed by atoms with E-state index < -0.39 is 0 Å². The van der Waals surface area contributed by atoms with Crippen LogP contribution in [-0.4, -0.2) is 38.6 Å². The molecule has 4 nitrogen and oxygen atoms in total. The first-order valence-corrected chi connectivity index (χ1v) is 10.2. The van der Waals surface area contributed by atoms with Crippen LogP contribution in [0, 0.1) is 0 Å². The molecule has 1 aliphatic heterocycles. The fourth-order valence-electron chi connectivity index (χ4n) is 3.55. The maximum absolute atomic E-state index is 12.4. The molecule has 2 aromatic rings. The van der Waals surface area contributed by atoms with Crippen molar-refractivity contribution in [1.82, 2.24) is 5.32 Å². The third-order valence-corrected chi connectivity index (χ3v) is 5.65. The van der Waals surface area contributed by atoms with Crippen molar-refractivity contribution in [3.63, 3.8) is 0 Å². The van der Waals surface area contributed by atoms with Gasteiger partial charge in [0.2, 0.25) is 0 Å². The van der Waals surface area contributed by atoms with Gasteiger partial charge >= 0.3 is 0 Å². The van der Waals surface area contributed by atoms with E-state index in [4.69, 9.17) is 0 Å². The van der Waals surface area contributed by atoms with Crippen molar-refractivity contribution < 1.29 is 14.6 Å². The zero-order valence-electron chi connectivity index (χ0n) is 15.3. The van der Waals surface area contributed by atoms with Crippen LogP contribution in [0.3, 0.4) is 0 Å². The molecule has 1 aliphatic rings. The Morgan fingerprint density at radius 1 is 1.00 bits per heavy atom. The SMILES string of the molecule is C[C@@H](NC(=O)C[NH+]1CC[NH+](Cc2ccccc2)CC1)c1ccc(Br)cc1. The summed E-state index contributed by atoms with van der Waals surface area (Å²) in [5.41, 5.74) is 2.53. The van der Waals surface area contributed by atoms with Crippen molar-refractivity contribution >= 4 is 21.8 Å². The fourth-order valence-corrected chi connectivity index (χ4v) is 3.81. The van der Waals surface area contributed by atoms with Gasteiger partial charge in [-0.25, -0.2) is 0 Å². The fraction of sp³-hybridized carbons (Fsp3) is 0.381. The number of halogens is 1. The molecule has 1 amide bonds. The average molecular weight is 418 g/mol. The van der Waals surface area contributed by atoms with Crippen LogP contribution in [0.4, 0.5) is 0 Å². The summed E-state index contributed by atoms with van der Waals surface area (Å²) in [6.07, 6.45) is 0. The molecule has 3 N–H and O–H groups in total. The van der Waals surface area contributed by atoms with E-state index in [9.17, 15) is 4.79 Å². The molecule has 1 fully saturated rings. The second kappa shape index (κ2) is 9.31. The molecule has 1 atom stereocenters. The maximum atomic E-state index is 12.4. The van der Waals surface area contributed by atoms with Crippen molar-refractivity contribution in [3.8, 4) is 0 Å². The summed E-state index contributed by atoms with van der Waals surface area (Å²) in [6, 6.07) is 18.8. The van der Waals surface area contributed by atoms with E-state index in [0.29, 0.717) is 6.54 Å². The van der Waals surface area contributed by atoms with Crippen LogP contribution in [0.5, 0.6) is 0 Å². The van der Waals surface area contributed by atoms with Crippen LogP contribution in [0.2, 0.25) is 0 Å². The summed E-state index contributed by atoms with van der Waals surface area (Å²) in [5, 5.41) is 3.13. The van der Waals surface area contributed by atoms with Crippen molar-refractivity contribution in [2.75, 3.05) is 32.7 Å². The van der Waals surface area contributed by atoms with Gasteiger partial charge < -0.3 is 15.1 Å². The smallest absolute Gasteiger partial charge is 0.275 e. The molecule has 26 heavy (non-hydrogen) atoms. The van der Waals surface area contributed by atoms with Gasteiger partial charge in [-0.1, -0.05) is 58.4 Å². The van der Waals surface area contributed by atoms with Crippen LogP contribution in [0.1, 0.15) is 24.1 Å². The number of carbonyl (C=O) groups excluding carboxylic acids is 1. The Balaban J connectivity index is 1.41. The van der Waals surface area contributed by atoms with Gasteiger partial charge in [0.25, 0.3) is 5.91 Å². The van der Waals surface area contributed by atoms with Gasteiger partial charge in [0.05, 0.1) is 6.04 Å². The average Bonchev–Trinajstić information content (AvgIpc) is 2.64.